The molecule has 1 aromatic heterocycles. The Morgan fingerprint density at radius 1 is 1.39 bits per heavy atom. The maximum Gasteiger partial charge on any atom is 0.251 e. The van der Waals surface area contributed by atoms with E-state index in [-0.39, 0.29) is 12.1 Å². The number of nitrogens with zero attached hydrogens (tertiary/aromatic N) is 1. The van der Waals surface area contributed by atoms with Crippen LogP contribution in [0.3, 0.4) is 0 Å². The van der Waals surface area contributed by atoms with Crippen molar-refractivity contribution in [2.45, 2.75) is 6.54 Å². The van der Waals surface area contributed by atoms with Crippen LogP contribution >= 0.6 is 0 Å². The fraction of sp³-hybridized carbons (Fsp3) is 0.0909. The minimum Gasteiger partial charge on any atom is -0.384 e. The number of carbonyl (C=O) groups excluding carboxylic acids is 1. The second-order valence-electron chi connectivity index (χ2n) is 3.62. The summed E-state index contributed by atoms with van der Waals surface area (Å²) in [5.41, 5.74) is 6.19. The van der Waals surface area contributed by atoms with Crippen LogP contribution in [0.4, 0.5) is 14.6 Å². The number of carbonyl (C=O) groups is 1. The van der Waals surface area contributed by atoms with Gasteiger partial charge in [0.2, 0.25) is 0 Å². The predicted octanol–water partition coefficient (Wildman–Crippen LogP) is 1.20. The summed E-state index contributed by atoms with van der Waals surface area (Å²) in [5, 5.41) is 8.72. The quantitative estimate of drug-likeness (QED) is 0.767. The molecule has 0 spiro atoms. The largest absolute Gasteiger partial charge is 0.384 e. The lowest BCUT2D eigenvalue weighted by molar-refractivity contribution is 0.0950. The van der Waals surface area contributed by atoms with Crippen molar-refractivity contribution in [3.05, 3.63) is 47.2 Å². The molecular formula is C11H10F2N4O. The van der Waals surface area contributed by atoms with E-state index < -0.39 is 17.5 Å². The Morgan fingerprint density at radius 2 is 2.17 bits per heavy atom. The van der Waals surface area contributed by atoms with E-state index in [0.29, 0.717) is 11.4 Å². The highest BCUT2D eigenvalue weighted by molar-refractivity contribution is 5.94. The summed E-state index contributed by atoms with van der Waals surface area (Å²) in [6, 6.07) is 2.94. The van der Waals surface area contributed by atoms with Crippen LogP contribution in [0.2, 0.25) is 0 Å². The lowest BCUT2D eigenvalue weighted by Gasteiger charge is -2.04. The standard InChI is InChI=1S/C11H10F2N4O/c12-8-2-1-6(3-9(8)13)11(18)15-4-7-5-16-17-10(7)14/h1-3,5H,4H2,(H,15,18)(H3,14,16,17). The molecule has 0 bridgehead atoms. The van der Waals surface area contributed by atoms with Crippen LogP contribution in [0.5, 0.6) is 0 Å². The summed E-state index contributed by atoms with van der Waals surface area (Å²) in [6.45, 7) is 0.153. The molecule has 1 aromatic carbocycles. The second-order valence-corrected chi connectivity index (χ2v) is 3.62. The van der Waals surface area contributed by atoms with Crippen molar-refractivity contribution in [1.29, 1.82) is 0 Å². The topological polar surface area (TPSA) is 83.8 Å². The molecule has 0 saturated heterocycles. The minimum atomic E-state index is -1.06. The van der Waals surface area contributed by atoms with Gasteiger partial charge in [0.25, 0.3) is 5.91 Å². The number of benzene rings is 1. The fourth-order valence-electron chi connectivity index (χ4n) is 1.38. The highest BCUT2D eigenvalue weighted by Crippen LogP contribution is 2.09. The van der Waals surface area contributed by atoms with E-state index in [0.717, 1.165) is 12.1 Å². The number of hydrogen-bond acceptors (Lipinski definition) is 3. The fourth-order valence-corrected chi connectivity index (χ4v) is 1.38. The molecule has 0 fully saturated rings. The van der Waals surface area contributed by atoms with Gasteiger partial charge >= 0.3 is 0 Å². The molecule has 0 aliphatic heterocycles. The first-order valence-electron chi connectivity index (χ1n) is 5.09. The molecule has 2 rings (SSSR count). The third-order valence-corrected chi connectivity index (χ3v) is 2.37. The molecule has 94 valence electrons. The number of halogens is 2. The van der Waals surface area contributed by atoms with Crippen molar-refractivity contribution in [1.82, 2.24) is 15.5 Å². The van der Waals surface area contributed by atoms with E-state index in [1.807, 2.05) is 0 Å². The first-order valence-corrected chi connectivity index (χ1v) is 5.09. The Bertz CT molecular complexity index is 582. The maximum atomic E-state index is 12.9. The van der Waals surface area contributed by atoms with Gasteiger partial charge in [-0.05, 0) is 18.2 Å². The number of aromatic amines is 1. The summed E-state index contributed by atoms with van der Waals surface area (Å²) >= 11 is 0. The molecule has 5 nitrogen and oxygen atoms in total. The number of nitrogens with one attached hydrogen (secondary N) is 2. The zero-order valence-corrected chi connectivity index (χ0v) is 9.21. The lowest BCUT2D eigenvalue weighted by Crippen LogP contribution is -2.23. The minimum absolute atomic E-state index is 0.0379. The van der Waals surface area contributed by atoms with E-state index >= 15 is 0 Å². The number of aromatic nitrogens is 2. The zero-order chi connectivity index (χ0) is 13.1. The molecule has 0 saturated carbocycles. The number of hydrogen-bond donors (Lipinski definition) is 3. The van der Waals surface area contributed by atoms with Crippen LogP contribution < -0.4 is 11.1 Å². The van der Waals surface area contributed by atoms with E-state index in [4.69, 9.17) is 5.73 Å². The summed E-state index contributed by atoms with van der Waals surface area (Å²) in [4.78, 5) is 11.6. The van der Waals surface area contributed by atoms with Gasteiger partial charge < -0.3 is 11.1 Å². The molecule has 0 atom stereocenters. The van der Waals surface area contributed by atoms with E-state index in [1.165, 1.54) is 12.3 Å². The average molecular weight is 252 g/mol. The molecule has 7 heteroatoms. The average Bonchev–Trinajstić information content (AvgIpc) is 2.75. The van der Waals surface area contributed by atoms with Crippen molar-refractivity contribution < 1.29 is 13.6 Å². The Labute approximate surface area is 101 Å². The number of nitrogens with two attached hydrogens (primary N) is 1. The smallest absolute Gasteiger partial charge is 0.251 e. The van der Waals surface area contributed by atoms with Gasteiger partial charge in [-0.1, -0.05) is 0 Å². The van der Waals surface area contributed by atoms with Gasteiger partial charge in [-0.2, -0.15) is 5.10 Å². The third-order valence-electron chi connectivity index (χ3n) is 2.37. The van der Waals surface area contributed by atoms with Crippen molar-refractivity contribution >= 4 is 11.7 Å². The number of nitrogen functional groups attached to an aromatic ring is 1. The van der Waals surface area contributed by atoms with Gasteiger partial charge in [-0.3, -0.25) is 9.89 Å². The summed E-state index contributed by atoms with van der Waals surface area (Å²) in [7, 11) is 0. The molecular weight excluding hydrogens is 242 g/mol. The highest BCUT2D eigenvalue weighted by Gasteiger charge is 2.10. The number of anilines is 1. The first kappa shape index (κ1) is 12.0. The summed E-state index contributed by atoms with van der Waals surface area (Å²) in [5.74, 6) is -2.23. The molecule has 0 unspecified atom stereocenters. The Morgan fingerprint density at radius 3 is 2.78 bits per heavy atom. The van der Waals surface area contributed by atoms with Gasteiger partial charge in [-0.25, -0.2) is 8.78 Å². The monoisotopic (exact) mass is 252 g/mol. The van der Waals surface area contributed by atoms with Gasteiger partial charge in [0.15, 0.2) is 11.6 Å². The number of H-pyrrole nitrogens is 1. The Kier molecular flexibility index (Phi) is 3.22. The second kappa shape index (κ2) is 4.82. The first-order chi connectivity index (χ1) is 8.58. The molecule has 4 N–H and O–H groups in total. The number of rotatable bonds is 3. The highest BCUT2D eigenvalue weighted by atomic mass is 19.2. The van der Waals surface area contributed by atoms with Crippen LogP contribution in [0.15, 0.2) is 24.4 Å². The van der Waals surface area contributed by atoms with Crippen molar-refractivity contribution in [2.75, 3.05) is 5.73 Å². The zero-order valence-electron chi connectivity index (χ0n) is 9.21. The van der Waals surface area contributed by atoms with Crippen molar-refractivity contribution in [3.63, 3.8) is 0 Å². The molecule has 0 radical (unpaired) electrons. The van der Waals surface area contributed by atoms with Gasteiger partial charge in [-0.15, -0.1) is 0 Å². The van der Waals surface area contributed by atoms with Gasteiger partial charge in [0, 0.05) is 17.7 Å². The summed E-state index contributed by atoms with van der Waals surface area (Å²) in [6.07, 6.45) is 1.47. The number of amides is 1. The Hall–Kier alpha value is -2.44. The van der Waals surface area contributed by atoms with Crippen LogP contribution in [0.25, 0.3) is 0 Å². The molecule has 1 amide bonds. The Balaban J connectivity index is 2.04. The van der Waals surface area contributed by atoms with Gasteiger partial charge in [0.1, 0.15) is 5.82 Å². The molecule has 18 heavy (non-hydrogen) atoms. The van der Waals surface area contributed by atoms with Crippen LogP contribution in [0, 0.1) is 11.6 Å². The van der Waals surface area contributed by atoms with Crippen LogP contribution in [-0.4, -0.2) is 16.1 Å². The van der Waals surface area contributed by atoms with E-state index in [9.17, 15) is 13.6 Å². The summed E-state index contributed by atoms with van der Waals surface area (Å²) < 4.78 is 25.6. The van der Waals surface area contributed by atoms with Crippen molar-refractivity contribution in [2.24, 2.45) is 0 Å². The van der Waals surface area contributed by atoms with Gasteiger partial charge in [0.05, 0.1) is 6.20 Å². The molecule has 0 aliphatic rings. The maximum absolute atomic E-state index is 12.9. The lowest BCUT2D eigenvalue weighted by atomic mass is 10.2. The third kappa shape index (κ3) is 2.45. The normalized spacial score (nSPS) is 10.3. The van der Waals surface area contributed by atoms with Crippen LogP contribution in [-0.2, 0) is 6.54 Å². The molecule has 2 aromatic rings. The molecule has 0 aliphatic carbocycles. The molecule has 1 heterocycles. The van der Waals surface area contributed by atoms with E-state index in [1.54, 1.807) is 0 Å². The van der Waals surface area contributed by atoms with Crippen molar-refractivity contribution in [3.8, 4) is 0 Å². The predicted molar refractivity (Wildman–Crippen MR) is 60.5 cm³/mol. The van der Waals surface area contributed by atoms with Crippen LogP contribution in [0.1, 0.15) is 15.9 Å². The SMILES string of the molecule is Nc1[nH]ncc1CNC(=O)c1ccc(F)c(F)c1. The van der Waals surface area contributed by atoms with E-state index in [2.05, 4.69) is 15.5 Å².